The highest BCUT2D eigenvalue weighted by atomic mass is 35.5. The number of aliphatic hydroxyl groups is 1. The Balaban J connectivity index is 1.98. The van der Waals surface area contributed by atoms with Crippen LogP contribution in [0.4, 0.5) is 8.78 Å². The van der Waals surface area contributed by atoms with E-state index in [0.717, 1.165) is 16.7 Å². The van der Waals surface area contributed by atoms with Crippen molar-refractivity contribution in [2.24, 2.45) is 0 Å². The third-order valence-corrected chi connectivity index (χ3v) is 3.71. The molecule has 3 aromatic rings. The molecule has 0 unspecified atom stereocenters. The number of halogens is 3. The standard InChI is InChI=1S/C16H11ClF2N2O2/c17-9-1-4-14-12(5-9)16(23)21(8-20-14)7-15(22)11-3-2-10(18)6-13(11)19/h1-6,8,15,22H,7H2/t15-/m0/s1. The number of benzene rings is 2. The minimum Gasteiger partial charge on any atom is -0.386 e. The number of hydrogen-bond acceptors (Lipinski definition) is 3. The monoisotopic (exact) mass is 336 g/mol. The molecule has 118 valence electrons. The summed E-state index contributed by atoms with van der Waals surface area (Å²) >= 11 is 5.87. The van der Waals surface area contributed by atoms with E-state index in [-0.39, 0.29) is 12.1 Å². The van der Waals surface area contributed by atoms with Crippen molar-refractivity contribution < 1.29 is 13.9 Å². The van der Waals surface area contributed by atoms with E-state index in [9.17, 15) is 18.7 Å². The fraction of sp³-hybridized carbons (Fsp3) is 0.125. The Morgan fingerprint density at radius 3 is 2.74 bits per heavy atom. The van der Waals surface area contributed by atoms with E-state index in [0.29, 0.717) is 22.0 Å². The molecule has 7 heteroatoms. The zero-order valence-corrected chi connectivity index (χ0v) is 12.5. The summed E-state index contributed by atoms with van der Waals surface area (Å²) in [6.07, 6.45) is -0.0461. The minimum absolute atomic E-state index is 0.0931. The van der Waals surface area contributed by atoms with Crippen molar-refractivity contribution >= 4 is 22.5 Å². The van der Waals surface area contributed by atoms with Gasteiger partial charge in [-0.05, 0) is 24.3 Å². The van der Waals surface area contributed by atoms with Crippen molar-refractivity contribution in [2.45, 2.75) is 12.6 Å². The van der Waals surface area contributed by atoms with Gasteiger partial charge in [0.1, 0.15) is 11.6 Å². The first-order valence-corrected chi connectivity index (χ1v) is 7.11. The molecule has 1 heterocycles. The lowest BCUT2D eigenvalue weighted by Gasteiger charge is -2.14. The third kappa shape index (κ3) is 3.09. The SMILES string of the molecule is O=c1c2cc(Cl)ccc2ncn1C[C@H](O)c1ccc(F)cc1F. The van der Waals surface area contributed by atoms with Crippen LogP contribution in [-0.2, 0) is 6.54 Å². The Bertz CT molecular complexity index is 943. The Morgan fingerprint density at radius 1 is 1.22 bits per heavy atom. The molecule has 0 saturated heterocycles. The molecule has 0 amide bonds. The third-order valence-electron chi connectivity index (χ3n) is 3.48. The number of aromatic nitrogens is 2. The molecule has 0 aliphatic heterocycles. The summed E-state index contributed by atoms with van der Waals surface area (Å²) in [6, 6.07) is 7.57. The number of nitrogens with zero attached hydrogens (tertiary/aromatic N) is 2. The molecule has 0 aliphatic rings. The largest absolute Gasteiger partial charge is 0.386 e. The average molecular weight is 337 g/mol. The van der Waals surface area contributed by atoms with Crippen molar-refractivity contribution in [1.29, 1.82) is 0 Å². The predicted molar refractivity (Wildman–Crippen MR) is 82.3 cm³/mol. The molecule has 23 heavy (non-hydrogen) atoms. The maximum Gasteiger partial charge on any atom is 0.261 e. The summed E-state index contributed by atoms with van der Waals surface area (Å²) in [5.41, 5.74) is -0.0262. The highest BCUT2D eigenvalue weighted by molar-refractivity contribution is 6.31. The van der Waals surface area contributed by atoms with E-state index < -0.39 is 23.3 Å². The second-order valence-electron chi connectivity index (χ2n) is 5.05. The molecule has 3 rings (SSSR count). The van der Waals surface area contributed by atoms with Crippen LogP contribution < -0.4 is 5.56 Å². The number of fused-ring (bicyclic) bond motifs is 1. The topological polar surface area (TPSA) is 55.1 Å². The quantitative estimate of drug-likeness (QED) is 0.799. The second-order valence-corrected chi connectivity index (χ2v) is 5.48. The number of aliphatic hydroxyl groups excluding tert-OH is 1. The van der Waals surface area contributed by atoms with Gasteiger partial charge in [0.2, 0.25) is 0 Å². The zero-order valence-electron chi connectivity index (χ0n) is 11.7. The molecule has 1 N–H and O–H groups in total. The highest BCUT2D eigenvalue weighted by Crippen LogP contribution is 2.20. The van der Waals surface area contributed by atoms with Crippen LogP contribution in [0, 0.1) is 11.6 Å². The maximum atomic E-state index is 13.7. The summed E-state index contributed by atoms with van der Waals surface area (Å²) < 4.78 is 27.8. The number of rotatable bonds is 3. The summed E-state index contributed by atoms with van der Waals surface area (Å²) in [6.45, 7) is -0.211. The van der Waals surface area contributed by atoms with Gasteiger partial charge >= 0.3 is 0 Å². The first-order chi connectivity index (χ1) is 11.0. The van der Waals surface area contributed by atoms with Crippen LogP contribution in [0.15, 0.2) is 47.5 Å². The van der Waals surface area contributed by atoms with Crippen LogP contribution in [-0.4, -0.2) is 14.7 Å². The Morgan fingerprint density at radius 2 is 2.00 bits per heavy atom. The Kier molecular flexibility index (Phi) is 4.11. The Labute approximate surface area is 134 Å². The minimum atomic E-state index is -1.31. The molecular weight excluding hydrogens is 326 g/mol. The van der Waals surface area contributed by atoms with Crippen LogP contribution in [0.25, 0.3) is 10.9 Å². The normalized spacial score (nSPS) is 12.5. The van der Waals surface area contributed by atoms with Crippen LogP contribution in [0.2, 0.25) is 5.02 Å². The fourth-order valence-corrected chi connectivity index (χ4v) is 2.49. The molecule has 2 aromatic carbocycles. The lowest BCUT2D eigenvalue weighted by molar-refractivity contribution is 0.150. The molecule has 0 saturated carbocycles. The fourth-order valence-electron chi connectivity index (χ4n) is 2.32. The highest BCUT2D eigenvalue weighted by Gasteiger charge is 2.15. The average Bonchev–Trinajstić information content (AvgIpc) is 2.50. The van der Waals surface area contributed by atoms with Gasteiger partial charge in [0, 0.05) is 16.7 Å². The van der Waals surface area contributed by atoms with Crippen molar-refractivity contribution in [3.8, 4) is 0 Å². The molecule has 1 aromatic heterocycles. The van der Waals surface area contributed by atoms with Gasteiger partial charge in [-0.3, -0.25) is 9.36 Å². The first kappa shape index (κ1) is 15.6. The van der Waals surface area contributed by atoms with Crippen molar-refractivity contribution in [3.63, 3.8) is 0 Å². The van der Waals surface area contributed by atoms with Gasteiger partial charge in [0.25, 0.3) is 5.56 Å². The summed E-state index contributed by atoms with van der Waals surface area (Å²) in [5.74, 6) is -1.61. The lowest BCUT2D eigenvalue weighted by Crippen LogP contribution is -2.24. The van der Waals surface area contributed by atoms with E-state index in [1.807, 2.05) is 0 Å². The Hall–Kier alpha value is -2.31. The van der Waals surface area contributed by atoms with Gasteiger partial charge in [-0.25, -0.2) is 13.8 Å². The van der Waals surface area contributed by atoms with Crippen LogP contribution in [0.5, 0.6) is 0 Å². The number of hydrogen-bond donors (Lipinski definition) is 1. The molecule has 0 spiro atoms. The van der Waals surface area contributed by atoms with Gasteiger partial charge in [-0.15, -0.1) is 0 Å². The van der Waals surface area contributed by atoms with Gasteiger partial charge in [0.05, 0.1) is 29.9 Å². The van der Waals surface area contributed by atoms with E-state index in [1.165, 1.54) is 12.4 Å². The van der Waals surface area contributed by atoms with Gasteiger partial charge in [-0.2, -0.15) is 0 Å². The molecule has 4 nitrogen and oxygen atoms in total. The smallest absolute Gasteiger partial charge is 0.261 e. The van der Waals surface area contributed by atoms with Gasteiger partial charge < -0.3 is 5.11 Å². The lowest BCUT2D eigenvalue weighted by atomic mass is 10.1. The predicted octanol–water partition coefficient (Wildman–Crippen LogP) is 3.06. The van der Waals surface area contributed by atoms with Gasteiger partial charge in [0.15, 0.2) is 0 Å². The molecule has 0 radical (unpaired) electrons. The summed E-state index contributed by atoms with van der Waals surface area (Å²) in [5, 5.41) is 10.8. The molecule has 0 fully saturated rings. The van der Waals surface area contributed by atoms with Crippen molar-refractivity contribution in [1.82, 2.24) is 9.55 Å². The van der Waals surface area contributed by atoms with Gasteiger partial charge in [-0.1, -0.05) is 17.7 Å². The van der Waals surface area contributed by atoms with E-state index >= 15 is 0 Å². The van der Waals surface area contributed by atoms with Crippen molar-refractivity contribution in [2.75, 3.05) is 0 Å². The molecule has 0 bridgehead atoms. The first-order valence-electron chi connectivity index (χ1n) is 6.73. The zero-order chi connectivity index (χ0) is 16.6. The van der Waals surface area contributed by atoms with Crippen LogP contribution >= 0.6 is 11.6 Å². The summed E-state index contributed by atoms with van der Waals surface area (Å²) in [7, 11) is 0. The second kappa shape index (κ2) is 6.06. The van der Waals surface area contributed by atoms with E-state index in [2.05, 4.69) is 4.98 Å². The summed E-state index contributed by atoms with van der Waals surface area (Å²) in [4.78, 5) is 16.5. The molecular formula is C16H11ClF2N2O2. The van der Waals surface area contributed by atoms with Crippen LogP contribution in [0.3, 0.4) is 0 Å². The molecule has 0 aliphatic carbocycles. The van der Waals surface area contributed by atoms with Crippen molar-refractivity contribution in [3.05, 3.63) is 75.3 Å². The van der Waals surface area contributed by atoms with E-state index in [1.54, 1.807) is 12.1 Å². The van der Waals surface area contributed by atoms with E-state index in [4.69, 9.17) is 11.6 Å². The molecule has 1 atom stereocenters. The van der Waals surface area contributed by atoms with Crippen LogP contribution in [0.1, 0.15) is 11.7 Å². The maximum absolute atomic E-state index is 13.7.